The van der Waals surface area contributed by atoms with E-state index in [0.717, 1.165) is 6.04 Å². The van der Waals surface area contributed by atoms with E-state index in [2.05, 4.69) is 4.90 Å². The molecule has 0 aromatic heterocycles. The molecule has 10 heavy (non-hydrogen) atoms. The molecule has 1 heteroatoms. The summed E-state index contributed by atoms with van der Waals surface area (Å²) in [6.45, 7) is 2.79. The van der Waals surface area contributed by atoms with Crippen LogP contribution in [0.15, 0.2) is 0 Å². The Morgan fingerprint density at radius 3 is 2.60 bits per heavy atom. The summed E-state index contributed by atoms with van der Waals surface area (Å²) < 4.78 is 0. The molecule has 0 amide bonds. The molecule has 2 heterocycles. The maximum Gasteiger partial charge on any atom is 0.00957 e. The van der Waals surface area contributed by atoms with E-state index in [1.165, 1.54) is 51.6 Å². The minimum absolute atomic E-state index is 0.988. The van der Waals surface area contributed by atoms with E-state index in [0.29, 0.717) is 0 Å². The zero-order valence-electron chi connectivity index (χ0n) is 6.68. The Labute approximate surface area is 63.4 Å². The van der Waals surface area contributed by atoms with Gasteiger partial charge >= 0.3 is 0 Å². The monoisotopic (exact) mass is 139 g/mol. The second-order valence-corrected chi connectivity index (χ2v) is 3.68. The van der Waals surface area contributed by atoms with Crippen molar-refractivity contribution in [3.05, 3.63) is 0 Å². The van der Waals surface area contributed by atoms with E-state index in [1.807, 2.05) is 0 Å². The van der Waals surface area contributed by atoms with Crippen molar-refractivity contribution in [2.45, 2.75) is 44.6 Å². The topological polar surface area (TPSA) is 3.24 Å². The number of nitrogens with zero attached hydrogens (tertiary/aromatic N) is 1. The van der Waals surface area contributed by atoms with Crippen LogP contribution in [0.1, 0.15) is 38.5 Å². The van der Waals surface area contributed by atoms with Crippen molar-refractivity contribution in [1.82, 2.24) is 4.90 Å². The maximum atomic E-state index is 2.70. The lowest BCUT2D eigenvalue weighted by Gasteiger charge is -2.20. The van der Waals surface area contributed by atoms with Gasteiger partial charge in [0.15, 0.2) is 0 Å². The van der Waals surface area contributed by atoms with Crippen molar-refractivity contribution in [3.8, 4) is 0 Å². The minimum atomic E-state index is 0.988. The Bertz CT molecular complexity index is 99.3. The van der Waals surface area contributed by atoms with Crippen molar-refractivity contribution < 1.29 is 0 Å². The maximum absolute atomic E-state index is 2.70. The van der Waals surface area contributed by atoms with Gasteiger partial charge in [0.2, 0.25) is 0 Å². The quantitative estimate of drug-likeness (QED) is 0.496. The van der Waals surface area contributed by atoms with Crippen LogP contribution in [0.5, 0.6) is 0 Å². The highest BCUT2D eigenvalue weighted by Crippen LogP contribution is 2.25. The fourth-order valence-corrected chi connectivity index (χ4v) is 2.39. The Balaban J connectivity index is 1.95. The second kappa shape index (κ2) is 2.91. The van der Waals surface area contributed by atoms with E-state index < -0.39 is 0 Å². The largest absolute Gasteiger partial charge is 0.300 e. The Kier molecular flexibility index (Phi) is 1.94. The van der Waals surface area contributed by atoms with Crippen molar-refractivity contribution in [2.24, 2.45) is 0 Å². The predicted molar refractivity (Wildman–Crippen MR) is 43.1 cm³/mol. The first kappa shape index (κ1) is 6.66. The van der Waals surface area contributed by atoms with Gasteiger partial charge in [-0.15, -0.1) is 0 Å². The van der Waals surface area contributed by atoms with Gasteiger partial charge < -0.3 is 4.90 Å². The lowest BCUT2D eigenvalue weighted by molar-refractivity contribution is 0.260. The fraction of sp³-hybridized carbons (Fsp3) is 1.00. The first-order valence-corrected chi connectivity index (χ1v) is 4.71. The highest BCUT2D eigenvalue weighted by atomic mass is 15.2. The Morgan fingerprint density at radius 2 is 1.60 bits per heavy atom. The summed E-state index contributed by atoms with van der Waals surface area (Å²) >= 11 is 0. The van der Waals surface area contributed by atoms with Gasteiger partial charge in [-0.1, -0.05) is 12.8 Å². The summed E-state index contributed by atoms with van der Waals surface area (Å²) in [7, 11) is 0. The zero-order chi connectivity index (χ0) is 6.81. The lowest BCUT2D eigenvalue weighted by atomic mass is 10.1. The third-order valence-electron chi connectivity index (χ3n) is 2.98. The van der Waals surface area contributed by atoms with Crippen LogP contribution < -0.4 is 0 Å². The molecule has 2 saturated heterocycles. The molecule has 1 nitrogen and oxygen atoms in total. The molecule has 0 aliphatic carbocycles. The smallest absolute Gasteiger partial charge is 0.00957 e. The van der Waals surface area contributed by atoms with Crippen LogP contribution in [0.25, 0.3) is 0 Å². The fourth-order valence-electron chi connectivity index (χ4n) is 2.39. The van der Waals surface area contributed by atoms with Gasteiger partial charge in [0.1, 0.15) is 0 Å². The van der Waals surface area contributed by atoms with Crippen LogP contribution in [0.3, 0.4) is 0 Å². The summed E-state index contributed by atoms with van der Waals surface area (Å²) in [5, 5.41) is 0. The first-order valence-electron chi connectivity index (χ1n) is 4.71. The lowest BCUT2D eigenvalue weighted by Crippen LogP contribution is -2.28. The molecule has 0 bridgehead atoms. The summed E-state index contributed by atoms with van der Waals surface area (Å²) in [5.41, 5.74) is 0. The molecule has 2 aliphatic heterocycles. The number of hydrogen-bond donors (Lipinski definition) is 0. The zero-order valence-corrected chi connectivity index (χ0v) is 6.68. The Hall–Kier alpha value is -0.0400. The van der Waals surface area contributed by atoms with E-state index in [4.69, 9.17) is 0 Å². The summed E-state index contributed by atoms with van der Waals surface area (Å²) in [4.78, 5) is 2.70. The standard InChI is InChI=1S/C9H17N/c1-2-5-9-6-4-8-10(9)7-3-1/h9H,1-8H2/t9-/m1/s1. The normalized spacial score (nSPS) is 35.4. The molecule has 0 unspecified atom stereocenters. The molecular weight excluding hydrogens is 122 g/mol. The molecule has 0 aromatic rings. The van der Waals surface area contributed by atoms with Gasteiger partial charge in [-0.2, -0.15) is 0 Å². The van der Waals surface area contributed by atoms with E-state index in [9.17, 15) is 0 Å². The summed E-state index contributed by atoms with van der Waals surface area (Å²) in [6.07, 6.45) is 8.86. The van der Waals surface area contributed by atoms with Crippen molar-refractivity contribution in [1.29, 1.82) is 0 Å². The van der Waals surface area contributed by atoms with Crippen LogP contribution >= 0.6 is 0 Å². The molecule has 1 atom stereocenters. The molecule has 2 rings (SSSR count). The average molecular weight is 139 g/mol. The molecule has 0 aromatic carbocycles. The molecule has 0 radical (unpaired) electrons. The number of fused-ring (bicyclic) bond motifs is 1. The van der Waals surface area contributed by atoms with E-state index in [-0.39, 0.29) is 0 Å². The second-order valence-electron chi connectivity index (χ2n) is 3.68. The van der Waals surface area contributed by atoms with Crippen LogP contribution in [-0.2, 0) is 0 Å². The molecule has 2 fully saturated rings. The highest BCUT2D eigenvalue weighted by Gasteiger charge is 2.24. The number of hydrogen-bond acceptors (Lipinski definition) is 1. The predicted octanol–water partition coefficient (Wildman–Crippen LogP) is 2.02. The summed E-state index contributed by atoms with van der Waals surface area (Å²) in [5.74, 6) is 0. The van der Waals surface area contributed by atoms with E-state index in [1.54, 1.807) is 0 Å². The summed E-state index contributed by atoms with van der Waals surface area (Å²) in [6, 6.07) is 0.988. The SMILES string of the molecule is C1CC[C@@H]2CCCN2CC1. The van der Waals surface area contributed by atoms with Gasteiger partial charge in [-0.3, -0.25) is 0 Å². The van der Waals surface area contributed by atoms with E-state index >= 15 is 0 Å². The molecule has 0 saturated carbocycles. The highest BCUT2D eigenvalue weighted by molar-refractivity contribution is 4.80. The average Bonchev–Trinajstić information content (AvgIpc) is 2.28. The van der Waals surface area contributed by atoms with Gasteiger partial charge in [-0.25, -0.2) is 0 Å². The Morgan fingerprint density at radius 1 is 0.800 bits per heavy atom. The molecule has 0 spiro atoms. The minimum Gasteiger partial charge on any atom is -0.300 e. The van der Waals surface area contributed by atoms with Gasteiger partial charge in [-0.05, 0) is 38.8 Å². The molecule has 58 valence electrons. The van der Waals surface area contributed by atoms with Gasteiger partial charge in [0.05, 0.1) is 0 Å². The van der Waals surface area contributed by atoms with Gasteiger partial charge in [0, 0.05) is 6.04 Å². The first-order chi connectivity index (χ1) is 4.97. The third kappa shape index (κ3) is 1.20. The molecule has 2 aliphatic rings. The van der Waals surface area contributed by atoms with Crippen LogP contribution in [-0.4, -0.2) is 24.0 Å². The van der Waals surface area contributed by atoms with Gasteiger partial charge in [0.25, 0.3) is 0 Å². The van der Waals surface area contributed by atoms with Crippen LogP contribution in [0.2, 0.25) is 0 Å². The number of rotatable bonds is 0. The van der Waals surface area contributed by atoms with Crippen molar-refractivity contribution in [2.75, 3.05) is 13.1 Å². The van der Waals surface area contributed by atoms with Crippen molar-refractivity contribution >= 4 is 0 Å². The molecule has 0 N–H and O–H groups in total. The van der Waals surface area contributed by atoms with Crippen LogP contribution in [0, 0.1) is 0 Å². The molecular formula is C9H17N. The van der Waals surface area contributed by atoms with Crippen molar-refractivity contribution in [3.63, 3.8) is 0 Å². The third-order valence-corrected chi connectivity index (χ3v) is 2.98. The van der Waals surface area contributed by atoms with Crippen LogP contribution in [0.4, 0.5) is 0 Å².